The predicted molar refractivity (Wildman–Crippen MR) is 102 cm³/mol. The van der Waals surface area contributed by atoms with E-state index in [4.69, 9.17) is 0 Å². The standard InChI is InChI=1S/C16H17N3O5S2/c1-25-15-8-3-5-12(9-15)17-16(20)11-18(26(2,23)24)13-6-4-7-14(10-13)19(21)22/h3-10H,11H2,1-2H3,(H,17,20). The van der Waals surface area contributed by atoms with Gasteiger partial charge in [0.25, 0.3) is 5.69 Å². The van der Waals surface area contributed by atoms with E-state index in [0.29, 0.717) is 5.69 Å². The molecule has 0 saturated heterocycles. The molecule has 10 heteroatoms. The molecule has 0 atom stereocenters. The van der Waals surface area contributed by atoms with Crippen LogP contribution in [0.1, 0.15) is 0 Å². The summed E-state index contributed by atoms with van der Waals surface area (Å²) in [5, 5.41) is 13.5. The molecule has 0 saturated carbocycles. The fourth-order valence-corrected chi connectivity index (χ4v) is 3.50. The smallest absolute Gasteiger partial charge is 0.271 e. The van der Waals surface area contributed by atoms with Crippen molar-refractivity contribution in [1.29, 1.82) is 0 Å². The van der Waals surface area contributed by atoms with E-state index in [1.807, 2.05) is 12.3 Å². The second kappa shape index (κ2) is 8.19. The molecule has 0 heterocycles. The maximum absolute atomic E-state index is 12.3. The van der Waals surface area contributed by atoms with Crippen LogP contribution >= 0.6 is 11.8 Å². The lowest BCUT2D eigenvalue weighted by Gasteiger charge is -2.21. The summed E-state index contributed by atoms with van der Waals surface area (Å²) >= 11 is 1.51. The van der Waals surface area contributed by atoms with Crippen molar-refractivity contribution in [1.82, 2.24) is 0 Å². The van der Waals surface area contributed by atoms with Crippen molar-refractivity contribution < 1.29 is 18.1 Å². The zero-order valence-electron chi connectivity index (χ0n) is 14.1. The highest BCUT2D eigenvalue weighted by molar-refractivity contribution is 7.98. The number of thioether (sulfide) groups is 1. The Bertz CT molecular complexity index is 931. The number of benzene rings is 2. The molecule has 0 aromatic heterocycles. The minimum absolute atomic E-state index is 0.0507. The van der Waals surface area contributed by atoms with Crippen LogP contribution in [0.15, 0.2) is 53.4 Å². The number of nitrogens with zero attached hydrogens (tertiary/aromatic N) is 2. The summed E-state index contributed by atoms with van der Waals surface area (Å²) in [5.74, 6) is -0.555. The number of anilines is 2. The van der Waals surface area contributed by atoms with Crippen LogP contribution in [0.25, 0.3) is 0 Å². The van der Waals surface area contributed by atoms with Crippen molar-refractivity contribution in [3.8, 4) is 0 Å². The first-order chi connectivity index (χ1) is 12.2. The average Bonchev–Trinajstić information content (AvgIpc) is 2.59. The van der Waals surface area contributed by atoms with Crippen molar-refractivity contribution in [2.24, 2.45) is 0 Å². The topological polar surface area (TPSA) is 110 Å². The average molecular weight is 395 g/mol. The minimum Gasteiger partial charge on any atom is -0.324 e. The van der Waals surface area contributed by atoms with Gasteiger partial charge < -0.3 is 5.32 Å². The third-order valence-electron chi connectivity index (χ3n) is 3.37. The third kappa shape index (κ3) is 5.20. The van der Waals surface area contributed by atoms with E-state index in [2.05, 4.69) is 5.32 Å². The number of non-ortho nitro benzene ring substituents is 1. The lowest BCUT2D eigenvalue weighted by atomic mass is 10.3. The molecule has 8 nitrogen and oxygen atoms in total. The Morgan fingerprint density at radius 2 is 1.92 bits per heavy atom. The molecular weight excluding hydrogens is 378 g/mol. The number of nitro benzene ring substituents is 1. The predicted octanol–water partition coefficient (Wildman–Crippen LogP) is 2.72. The molecule has 2 rings (SSSR count). The summed E-state index contributed by atoms with van der Waals surface area (Å²) in [6.07, 6.45) is 2.84. The van der Waals surface area contributed by atoms with Gasteiger partial charge in [-0.2, -0.15) is 0 Å². The van der Waals surface area contributed by atoms with E-state index in [0.717, 1.165) is 21.5 Å². The SMILES string of the molecule is CSc1cccc(NC(=O)CN(c2cccc([N+](=O)[O-])c2)S(C)(=O)=O)c1. The molecule has 0 aliphatic rings. The summed E-state index contributed by atoms with van der Waals surface area (Å²) in [7, 11) is -3.81. The highest BCUT2D eigenvalue weighted by atomic mass is 32.2. The summed E-state index contributed by atoms with van der Waals surface area (Å²) in [4.78, 5) is 23.5. The van der Waals surface area contributed by atoms with Crippen LogP contribution in [0.5, 0.6) is 0 Å². The molecule has 2 aromatic rings. The molecule has 0 aliphatic carbocycles. The number of sulfonamides is 1. The first-order valence-electron chi connectivity index (χ1n) is 7.37. The Hall–Kier alpha value is -2.59. The molecule has 0 radical (unpaired) electrons. The van der Waals surface area contributed by atoms with E-state index in [-0.39, 0.29) is 11.4 Å². The number of rotatable bonds is 7. The second-order valence-electron chi connectivity index (χ2n) is 5.33. The number of carbonyl (C=O) groups excluding carboxylic acids is 1. The Labute approximate surface area is 155 Å². The van der Waals surface area contributed by atoms with E-state index >= 15 is 0 Å². The Morgan fingerprint density at radius 1 is 1.23 bits per heavy atom. The number of hydrogen-bond acceptors (Lipinski definition) is 6. The fraction of sp³-hybridized carbons (Fsp3) is 0.188. The first kappa shape index (κ1) is 19.7. The molecule has 1 N–H and O–H groups in total. The number of hydrogen-bond donors (Lipinski definition) is 1. The van der Waals surface area contributed by atoms with Crippen LogP contribution < -0.4 is 9.62 Å². The van der Waals surface area contributed by atoms with Gasteiger partial charge in [-0.3, -0.25) is 19.2 Å². The molecule has 0 fully saturated rings. The van der Waals surface area contributed by atoms with Gasteiger partial charge in [-0.25, -0.2) is 8.42 Å². The maximum Gasteiger partial charge on any atom is 0.271 e. The Balaban J connectivity index is 2.24. The van der Waals surface area contributed by atoms with Gasteiger partial charge in [-0.15, -0.1) is 11.8 Å². The number of nitrogens with one attached hydrogen (secondary N) is 1. The van der Waals surface area contributed by atoms with Gasteiger partial charge in [-0.05, 0) is 30.5 Å². The monoisotopic (exact) mass is 395 g/mol. The number of amides is 1. The van der Waals surface area contributed by atoms with Crippen molar-refractivity contribution in [2.75, 3.05) is 28.7 Å². The Morgan fingerprint density at radius 3 is 2.54 bits per heavy atom. The van der Waals surface area contributed by atoms with Crippen molar-refractivity contribution in [3.05, 3.63) is 58.6 Å². The zero-order chi connectivity index (χ0) is 19.3. The van der Waals surface area contributed by atoms with Crippen LogP contribution in [0.4, 0.5) is 17.1 Å². The summed E-state index contributed by atoms with van der Waals surface area (Å²) < 4.78 is 25.0. The second-order valence-corrected chi connectivity index (χ2v) is 8.11. The molecule has 0 spiro atoms. The van der Waals surface area contributed by atoms with Gasteiger partial charge in [0.1, 0.15) is 6.54 Å². The number of nitro groups is 1. The molecule has 2 aromatic carbocycles. The largest absolute Gasteiger partial charge is 0.324 e. The lowest BCUT2D eigenvalue weighted by molar-refractivity contribution is -0.384. The minimum atomic E-state index is -3.81. The van der Waals surface area contributed by atoms with Gasteiger partial charge in [0, 0.05) is 22.7 Å². The maximum atomic E-state index is 12.3. The van der Waals surface area contributed by atoms with Gasteiger partial charge >= 0.3 is 0 Å². The van der Waals surface area contributed by atoms with E-state index in [9.17, 15) is 23.3 Å². The third-order valence-corrected chi connectivity index (χ3v) is 5.24. The number of carbonyl (C=O) groups is 1. The fourth-order valence-electron chi connectivity index (χ4n) is 2.19. The van der Waals surface area contributed by atoms with Crippen LogP contribution in [0, 0.1) is 10.1 Å². The van der Waals surface area contributed by atoms with E-state index in [1.165, 1.54) is 30.0 Å². The first-order valence-corrected chi connectivity index (χ1v) is 10.4. The molecule has 0 aliphatic heterocycles. The van der Waals surface area contributed by atoms with Crippen LogP contribution in [0.2, 0.25) is 0 Å². The van der Waals surface area contributed by atoms with Crippen LogP contribution in [-0.2, 0) is 14.8 Å². The summed E-state index contributed by atoms with van der Waals surface area (Å²) in [6.45, 7) is -0.497. The molecule has 0 unspecified atom stereocenters. The quantitative estimate of drug-likeness (QED) is 0.438. The van der Waals surface area contributed by atoms with Crippen molar-refractivity contribution in [2.45, 2.75) is 4.90 Å². The van der Waals surface area contributed by atoms with E-state index in [1.54, 1.807) is 18.2 Å². The van der Waals surface area contributed by atoms with Gasteiger partial charge in [-0.1, -0.05) is 12.1 Å². The zero-order valence-corrected chi connectivity index (χ0v) is 15.7. The normalized spacial score (nSPS) is 11.0. The summed E-state index contributed by atoms with van der Waals surface area (Å²) in [5.41, 5.74) is 0.327. The van der Waals surface area contributed by atoms with Crippen molar-refractivity contribution >= 4 is 44.8 Å². The van der Waals surface area contributed by atoms with E-state index < -0.39 is 27.4 Å². The van der Waals surface area contributed by atoms with Gasteiger partial charge in [0.2, 0.25) is 15.9 Å². The summed E-state index contributed by atoms with van der Waals surface area (Å²) in [6, 6.07) is 12.2. The molecular formula is C16H17N3O5S2. The lowest BCUT2D eigenvalue weighted by Crippen LogP contribution is -2.37. The van der Waals surface area contributed by atoms with Crippen LogP contribution in [0.3, 0.4) is 0 Å². The van der Waals surface area contributed by atoms with Crippen LogP contribution in [-0.4, -0.2) is 38.3 Å². The van der Waals surface area contributed by atoms with Gasteiger partial charge in [0.05, 0.1) is 16.9 Å². The molecule has 1 amide bonds. The van der Waals surface area contributed by atoms with Gasteiger partial charge in [0.15, 0.2) is 0 Å². The molecule has 26 heavy (non-hydrogen) atoms. The highest BCUT2D eigenvalue weighted by Gasteiger charge is 2.22. The molecule has 0 bridgehead atoms. The van der Waals surface area contributed by atoms with Crippen molar-refractivity contribution in [3.63, 3.8) is 0 Å². The molecule has 138 valence electrons. The highest BCUT2D eigenvalue weighted by Crippen LogP contribution is 2.23. The Kier molecular flexibility index (Phi) is 6.22.